The van der Waals surface area contributed by atoms with Gasteiger partial charge in [0.05, 0.1) is 24.5 Å². The largest absolute Gasteiger partial charge is 0.481 e. The van der Waals surface area contributed by atoms with E-state index in [4.69, 9.17) is 11.5 Å². The van der Waals surface area contributed by atoms with E-state index in [0.29, 0.717) is 0 Å². The van der Waals surface area contributed by atoms with Gasteiger partial charge in [0, 0.05) is 24.2 Å². The third-order valence-electron chi connectivity index (χ3n) is 8.23. The van der Waals surface area contributed by atoms with Crippen LogP contribution in [0.5, 0.6) is 0 Å². The molecule has 1 aliphatic heterocycles. The Morgan fingerprint density at radius 1 is 1.06 bits per heavy atom. The molecule has 1 aromatic carbocycles. The van der Waals surface area contributed by atoms with Crippen molar-refractivity contribution in [3.63, 3.8) is 0 Å². The van der Waals surface area contributed by atoms with Crippen LogP contribution >= 0.6 is 0 Å². The highest BCUT2D eigenvalue weighted by molar-refractivity contribution is 6.03. The molecule has 4 rings (SSSR count). The van der Waals surface area contributed by atoms with E-state index >= 15 is 0 Å². The smallest absolute Gasteiger partial charge is 0.326 e. The Labute approximate surface area is 269 Å². The van der Waals surface area contributed by atoms with Crippen molar-refractivity contribution < 1.29 is 49.2 Å². The second kappa shape index (κ2) is 15.2. The van der Waals surface area contributed by atoms with Crippen molar-refractivity contribution in [1.29, 1.82) is 0 Å². The number of aliphatic hydroxyl groups excluding tert-OH is 1. The zero-order valence-corrected chi connectivity index (χ0v) is 25.2. The molecule has 248 valence electrons. The predicted octanol–water partition coefficient (Wildman–Crippen LogP) is -0.0847. The van der Waals surface area contributed by atoms with E-state index in [1.807, 2.05) is 17.1 Å². The number of carboxylic acids is 3. The number of nitrogens with one attached hydrogen (secondary N) is 3. The van der Waals surface area contributed by atoms with Crippen LogP contribution in [0.3, 0.4) is 0 Å². The van der Waals surface area contributed by atoms with Crippen LogP contribution in [-0.4, -0.2) is 99.7 Å². The Balaban J connectivity index is 1.38. The van der Waals surface area contributed by atoms with Crippen molar-refractivity contribution in [2.75, 3.05) is 24.6 Å². The summed E-state index contributed by atoms with van der Waals surface area (Å²) in [4.78, 5) is 78.3. The summed E-state index contributed by atoms with van der Waals surface area (Å²) in [5.74, 6) is -5.46. The molecule has 15 heteroatoms. The van der Waals surface area contributed by atoms with Crippen molar-refractivity contribution in [3.05, 3.63) is 53.1 Å². The number of hydrogen-bond donors (Lipinski definition) is 7. The number of rotatable bonds is 15. The van der Waals surface area contributed by atoms with Gasteiger partial charge in [0.2, 0.25) is 11.8 Å². The summed E-state index contributed by atoms with van der Waals surface area (Å²) < 4.78 is 0. The summed E-state index contributed by atoms with van der Waals surface area (Å²) >= 11 is 0. The molecule has 2 aliphatic carbocycles. The quantitative estimate of drug-likeness (QED) is 0.0980. The number of amidine groups is 1. The second-order valence-electron chi connectivity index (χ2n) is 11.3. The molecule has 1 heterocycles. The minimum absolute atomic E-state index is 0.127. The average Bonchev–Trinajstić information content (AvgIpc) is 3.44. The summed E-state index contributed by atoms with van der Waals surface area (Å²) in [5, 5.41) is 44.2. The monoisotopic (exact) mass is 649 g/mol. The van der Waals surface area contributed by atoms with Crippen molar-refractivity contribution in [2.24, 2.45) is 16.8 Å². The Bertz CT molecular complexity index is 1570. The Morgan fingerprint density at radius 2 is 1.79 bits per heavy atom. The fourth-order valence-electron chi connectivity index (χ4n) is 5.88. The number of terminal acetylenes is 1. The highest BCUT2D eigenvalue weighted by Crippen LogP contribution is 2.41. The number of hydrogen-bond acceptors (Lipinski definition) is 9. The van der Waals surface area contributed by atoms with Gasteiger partial charge in [-0.2, -0.15) is 0 Å². The molecule has 15 nitrogen and oxygen atoms in total. The summed E-state index contributed by atoms with van der Waals surface area (Å²) in [6.45, 7) is -0.314. The molecule has 3 amide bonds. The summed E-state index contributed by atoms with van der Waals surface area (Å²) in [6.07, 6.45) is 9.78. The molecule has 47 heavy (non-hydrogen) atoms. The maximum Gasteiger partial charge on any atom is 0.326 e. The zero-order chi connectivity index (χ0) is 34.2. The molecule has 5 atom stereocenters. The van der Waals surface area contributed by atoms with Gasteiger partial charge in [-0.1, -0.05) is 18.1 Å². The Hall–Kier alpha value is -5.49. The number of carbonyl (C=O) groups excluding carboxylic acids is 3. The molecular weight excluding hydrogens is 614 g/mol. The van der Waals surface area contributed by atoms with E-state index in [0.717, 1.165) is 29.7 Å². The standard InChI is InChI=1S/C32H35N5O10/c1-2-13-37(25-9-5-18-14-24-22(15-21(18)25)30(43)36-26(16-38)34-24)19-6-3-17(4-7-19)28(41)33-12-11-20(31(44)45)29(42)35-23(32(46)47)8-10-27(39)40/h1,3-4,6-7,14-15,20,22-25,38H,5,8-13,16H2,(H,33,41)(H,35,42)(H,39,40)(H,44,45)(H,46,47)(H,34,36,43)/t20?,22?,23-,24?,25+/m1/s1. The lowest BCUT2D eigenvalue weighted by molar-refractivity contribution is -0.150. The third kappa shape index (κ3) is 8.22. The molecule has 3 aliphatic rings. The van der Waals surface area contributed by atoms with E-state index in [-0.39, 0.29) is 55.5 Å². The first-order chi connectivity index (χ1) is 22.4. The van der Waals surface area contributed by atoms with Crippen molar-refractivity contribution in [2.45, 2.75) is 50.2 Å². The van der Waals surface area contributed by atoms with Crippen molar-refractivity contribution in [1.82, 2.24) is 16.0 Å². The van der Waals surface area contributed by atoms with Crippen LogP contribution in [0.25, 0.3) is 0 Å². The normalized spacial score (nSPS) is 20.8. The van der Waals surface area contributed by atoms with E-state index in [1.54, 1.807) is 24.3 Å². The molecule has 0 aromatic heterocycles. The van der Waals surface area contributed by atoms with Gasteiger partial charge in [0.1, 0.15) is 24.4 Å². The molecule has 1 aromatic rings. The minimum atomic E-state index is -1.68. The van der Waals surface area contributed by atoms with Crippen LogP contribution in [0.4, 0.5) is 5.69 Å². The van der Waals surface area contributed by atoms with Crippen LogP contribution < -0.4 is 20.9 Å². The van der Waals surface area contributed by atoms with Crippen LogP contribution in [-0.2, 0) is 24.0 Å². The molecule has 0 saturated heterocycles. The van der Waals surface area contributed by atoms with Gasteiger partial charge in [0.25, 0.3) is 5.91 Å². The number of benzene rings is 1. The Kier molecular flexibility index (Phi) is 11.1. The first kappa shape index (κ1) is 34.4. The van der Waals surface area contributed by atoms with Crippen LogP contribution in [0.1, 0.15) is 42.5 Å². The lowest BCUT2D eigenvalue weighted by Crippen LogP contribution is -2.47. The second-order valence-corrected chi connectivity index (χ2v) is 11.3. The highest BCUT2D eigenvalue weighted by atomic mass is 16.4. The summed E-state index contributed by atoms with van der Waals surface area (Å²) in [6, 6.07) is 4.51. The number of fused-ring (bicyclic) bond motifs is 2. The van der Waals surface area contributed by atoms with Crippen LogP contribution in [0, 0.1) is 24.2 Å². The minimum Gasteiger partial charge on any atom is -0.481 e. The fourth-order valence-corrected chi connectivity index (χ4v) is 5.88. The van der Waals surface area contributed by atoms with Crippen molar-refractivity contribution >= 4 is 47.2 Å². The maximum atomic E-state index is 12.8. The number of aliphatic imine (C=N–C) groups is 1. The van der Waals surface area contributed by atoms with Crippen LogP contribution in [0.15, 0.2) is 52.6 Å². The topological polar surface area (TPSA) is 235 Å². The lowest BCUT2D eigenvalue weighted by atomic mass is 9.85. The first-order valence-corrected chi connectivity index (χ1v) is 14.9. The van der Waals surface area contributed by atoms with Gasteiger partial charge >= 0.3 is 17.9 Å². The average molecular weight is 650 g/mol. The maximum absolute atomic E-state index is 12.8. The highest BCUT2D eigenvalue weighted by Gasteiger charge is 2.40. The number of aliphatic hydroxyl groups is 1. The SMILES string of the molecule is C#CCN(c1ccc(C(=O)NCCC(C(=O)O)C(=O)N[C@H](CCC(=O)O)C(=O)O)cc1)[C@H]1CCC2=CC3N=C(CO)NC(=O)C3C=C21. The molecule has 7 N–H and O–H groups in total. The van der Waals surface area contributed by atoms with Crippen LogP contribution in [0.2, 0.25) is 0 Å². The van der Waals surface area contributed by atoms with Gasteiger partial charge in [-0.25, -0.2) is 4.79 Å². The molecular formula is C32H35N5O10. The fraction of sp³-hybridized carbons (Fsp3) is 0.406. The van der Waals surface area contributed by atoms with E-state index in [1.165, 1.54) is 0 Å². The van der Waals surface area contributed by atoms with Gasteiger partial charge in [-0.15, -0.1) is 6.42 Å². The predicted molar refractivity (Wildman–Crippen MR) is 166 cm³/mol. The molecule has 0 radical (unpaired) electrons. The molecule has 0 bridgehead atoms. The van der Waals surface area contributed by atoms with Gasteiger partial charge in [0.15, 0.2) is 0 Å². The van der Waals surface area contributed by atoms with E-state index in [9.17, 15) is 44.1 Å². The zero-order valence-electron chi connectivity index (χ0n) is 25.2. The van der Waals surface area contributed by atoms with Gasteiger partial charge in [-0.05, 0) is 61.1 Å². The Morgan fingerprint density at radius 3 is 2.40 bits per heavy atom. The number of amides is 3. The lowest BCUT2D eigenvalue weighted by Gasteiger charge is -2.34. The molecule has 0 spiro atoms. The number of nitrogens with zero attached hydrogens (tertiary/aromatic N) is 2. The molecule has 3 unspecified atom stereocenters. The summed E-state index contributed by atoms with van der Waals surface area (Å²) in [7, 11) is 0. The first-order valence-electron chi connectivity index (χ1n) is 14.9. The van der Waals surface area contributed by atoms with E-state index in [2.05, 4.69) is 26.9 Å². The van der Waals surface area contributed by atoms with Gasteiger partial charge in [-0.3, -0.25) is 29.0 Å². The number of carboxylic acid groups (broad SMARTS) is 3. The van der Waals surface area contributed by atoms with Crippen molar-refractivity contribution in [3.8, 4) is 12.3 Å². The third-order valence-corrected chi connectivity index (χ3v) is 8.23. The number of carbonyl (C=O) groups is 6. The molecule has 1 saturated carbocycles. The van der Waals surface area contributed by atoms with E-state index < -0.39 is 60.4 Å². The number of anilines is 1. The molecule has 1 fully saturated rings. The number of aliphatic carboxylic acids is 3. The summed E-state index contributed by atoms with van der Waals surface area (Å²) in [5.41, 5.74) is 3.04. The van der Waals surface area contributed by atoms with Gasteiger partial charge < -0.3 is 41.3 Å².